The Morgan fingerprint density at radius 3 is 2.83 bits per heavy atom. The third-order valence-corrected chi connectivity index (χ3v) is 1.35. The van der Waals surface area contributed by atoms with Crippen molar-refractivity contribution in [2.75, 3.05) is 0 Å². The van der Waals surface area contributed by atoms with Crippen LogP contribution < -0.4 is 3.38 Å². The van der Waals surface area contributed by atoms with Crippen LogP contribution in [0, 0.1) is 0 Å². The molecule has 1 rings (SSSR count). The van der Waals surface area contributed by atoms with Crippen molar-refractivity contribution in [2.45, 2.75) is 0 Å². The Balaban J connectivity index is 3.05. The van der Waals surface area contributed by atoms with E-state index < -0.39 is 0 Å². The van der Waals surface area contributed by atoms with Crippen LogP contribution in [0.5, 0.6) is 0 Å². The summed E-state index contributed by atoms with van der Waals surface area (Å²) in [6.07, 6.45) is 1.52. The van der Waals surface area contributed by atoms with E-state index in [0.29, 0.717) is 0 Å². The molecule has 1 N–H and O–H groups in total. The first-order valence-electron chi connectivity index (χ1n) is 1.46. The van der Waals surface area contributed by atoms with Crippen molar-refractivity contribution in [2.24, 2.45) is 0 Å². The van der Waals surface area contributed by atoms with Gasteiger partial charge in [0.15, 0.2) is 0 Å². The monoisotopic (exact) mass is 276 g/mol. The summed E-state index contributed by atoms with van der Waals surface area (Å²) in [5.41, 5.74) is 0. The van der Waals surface area contributed by atoms with Gasteiger partial charge in [-0.15, -0.1) is 0 Å². The molecule has 0 bridgehead atoms. The van der Waals surface area contributed by atoms with Gasteiger partial charge >= 0.3 is 50.7 Å². The van der Waals surface area contributed by atoms with Crippen LogP contribution in [0.3, 0.4) is 0 Å². The quantitative estimate of drug-likeness (QED) is 0.592. The van der Waals surface area contributed by atoms with E-state index in [4.69, 9.17) is 0 Å². The topological polar surface area (TPSA) is 41.6 Å². The van der Waals surface area contributed by atoms with Crippen LogP contribution in [0.15, 0.2) is 6.33 Å². The fourth-order valence-electron chi connectivity index (χ4n) is 0.205. The van der Waals surface area contributed by atoms with Crippen molar-refractivity contribution >= 4 is 29.2 Å². The first-order valence-corrected chi connectivity index (χ1v) is 3.41. The van der Waals surface area contributed by atoms with Gasteiger partial charge in [0.2, 0.25) is 0 Å². The third kappa shape index (κ3) is 0.764. The van der Waals surface area contributed by atoms with Gasteiger partial charge in [0.1, 0.15) is 0 Å². The number of H-pyrrole nitrogens is 1. The number of nitrogens with one attached hydrogen (secondary N) is 1. The Morgan fingerprint density at radius 1 is 1.83 bits per heavy atom. The molecule has 1 heterocycles. The zero-order valence-electron chi connectivity index (χ0n) is 2.97. The second-order valence-corrected chi connectivity index (χ2v) is 2.68. The van der Waals surface area contributed by atoms with Crippen molar-refractivity contribution in [3.05, 3.63) is 6.33 Å². The SMILES string of the molecule is [Pb][c]1ncn[nH]1. The Morgan fingerprint density at radius 2 is 2.67 bits per heavy atom. The van der Waals surface area contributed by atoms with Crippen LogP contribution in [-0.2, 0) is 0 Å². The zero-order chi connectivity index (χ0) is 4.41. The van der Waals surface area contributed by atoms with Gasteiger partial charge in [0.05, 0.1) is 0 Å². The van der Waals surface area contributed by atoms with Crippen LogP contribution in [0.1, 0.15) is 0 Å². The second-order valence-electron chi connectivity index (χ2n) is 0.834. The van der Waals surface area contributed by atoms with Gasteiger partial charge in [-0.1, -0.05) is 0 Å². The molecule has 29 valence electrons. The molecule has 0 fully saturated rings. The minimum absolute atomic E-state index is 0.967. The molecule has 0 spiro atoms. The van der Waals surface area contributed by atoms with Gasteiger partial charge in [-0.25, -0.2) is 0 Å². The summed E-state index contributed by atoms with van der Waals surface area (Å²) in [5, 5.41) is 6.32. The maximum absolute atomic E-state index is 3.81. The van der Waals surface area contributed by atoms with Gasteiger partial charge in [-0.05, 0) is 0 Å². The molecule has 0 atom stereocenters. The summed E-state index contributed by atoms with van der Waals surface area (Å²) in [6, 6.07) is 0. The van der Waals surface area contributed by atoms with E-state index in [0.717, 1.165) is 29.2 Å². The molecule has 0 amide bonds. The molecule has 4 heteroatoms. The van der Waals surface area contributed by atoms with Gasteiger partial charge in [0.25, 0.3) is 0 Å². The van der Waals surface area contributed by atoms with E-state index in [2.05, 4.69) is 15.2 Å². The number of hydrogen-bond donors (Lipinski definition) is 1. The molecule has 0 saturated carbocycles. The van der Waals surface area contributed by atoms with E-state index in [1.54, 1.807) is 0 Å². The molecule has 0 saturated heterocycles. The van der Waals surface area contributed by atoms with Crippen LogP contribution >= 0.6 is 0 Å². The molecule has 1 aromatic heterocycles. The van der Waals surface area contributed by atoms with Crippen LogP contribution in [0.2, 0.25) is 0 Å². The fraction of sp³-hybridized carbons (Fsp3) is 0. The first-order chi connectivity index (χ1) is 2.89. The normalized spacial score (nSPS) is 8.83. The van der Waals surface area contributed by atoms with Crippen molar-refractivity contribution in [1.29, 1.82) is 0 Å². The predicted molar refractivity (Wildman–Crippen MR) is 21.8 cm³/mol. The Kier molecular flexibility index (Phi) is 1.18. The van der Waals surface area contributed by atoms with Crippen molar-refractivity contribution < 1.29 is 0 Å². The molecule has 1 aromatic rings. The minimum atomic E-state index is 0.967. The van der Waals surface area contributed by atoms with Crippen LogP contribution in [0.4, 0.5) is 0 Å². The first kappa shape index (κ1) is 4.23. The summed E-state index contributed by atoms with van der Waals surface area (Å²) in [5.74, 6) is 0. The molecule has 3 nitrogen and oxygen atoms in total. The number of hydrogen-bond acceptors (Lipinski definition) is 2. The average Bonchev–Trinajstić information content (AvgIpc) is 1.86. The van der Waals surface area contributed by atoms with E-state index >= 15 is 0 Å². The Bertz CT molecular complexity index is 112. The number of nitrogens with zero attached hydrogens (tertiary/aromatic N) is 2. The van der Waals surface area contributed by atoms with E-state index in [1.807, 2.05) is 0 Å². The number of rotatable bonds is 0. The molecular weight excluding hydrogens is 273 g/mol. The van der Waals surface area contributed by atoms with Crippen LogP contribution in [-0.4, -0.2) is 40.9 Å². The fourth-order valence-corrected chi connectivity index (χ4v) is 0.681. The number of aromatic amines is 1. The third-order valence-electron chi connectivity index (χ3n) is 0.415. The Hall–Kier alpha value is 0.0621. The summed E-state index contributed by atoms with van der Waals surface area (Å²) >= 11 is 0.967. The van der Waals surface area contributed by atoms with Gasteiger partial charge in [-0.3, -0.25) is 0 Å². The molecule has 0 aromatic carbocycles. The van der Waals surface area contributed by atoms with Gasteiger partial charge < -0.3 is 0 Å². The van der Waals surface area contributed by atoms with E-state index in [-0.39, 0.29) is 0 Å². The summed E-state index contributed by atoms with van der Waals surface area (Å²) in [6.45, 7) is 0. The summed E-state index contributed by atoms with van der Waals surface area (Å²) in [4.78, 5) is 3.81. The maximum atomic E-state index is 3.81. The van der Waals surface area contributed by atoms with Crippen molar-refractivity contribution in [3.63, 3.8) is 0 Å². The van der Waals surface area contributed by atoms with Crippen molar-refractivity contribution in [3.8, 4) is 0 Å². The molecule has 0 aliphatic rings. The molecule has 3 radical (unpaired) electrons. The standard InChI is InChI=1S/C2H2N3.Pb/c1-3-2-5-4-1;/h1H,(H,3,4,5);. The van der Waals surface area contributed by atoms with E-state index in [9.17, 15) is 0 Å². The van der Waals surface area contributed by atoms with E-state index in [1.165, 1.54) is 6.33 Å². The van der Waals surface area contributed by atoms with Crippen LogP contribution in [0.25, 0.3) is 0 Å². The predicted octanol–water partition coefficient (Wildman–Crippen LogP) is -1.40. The van der Waals surface area contributed by atoms with Gasteiger partial charge in [0, 0.05) is 0 Å². The zero-order valence-corrected chi connectivity index (χ0v) is 6.86. The molecule has 0 aliphatic heterocycles. The molecule has 6 heavy (non-hydrogen) atoms. The summed E-state index contributed by atoms with van der Waals surface area (Å²) < 4.78 is 0.995. The molecule has 0 aliphatic carbocycles. The average molecular weight is 275 g/mol. The molecule has 0 unspecified atom stereocenters. The summed E-state index contributed by atoms with van der Waals surface area (Å²) in [7, 11) is 0. The van der Waals surface area contributed by atoms with Crippen molar-refractivity contribution in [1.82, 2.24) is 15.2 Å². The second kappa shape index (κ2) is 1.67. The Labute approximate surface area is 50.9 Å². The van der Waals surface area contributed by atoms with Gasteiger partial charge in [-0.2, -0.15) is 0 Å². The molecular formula is C2H2N3Pb. The number of aromatic nitrogens is 3.